The minimum atomic E-state index is 0.299. The van der Waals surface area contributed by atoms with E-state index in [0.29, 0.717) is 12.5 Å². The Morgan fingerprint density at radius 2 is 1.95 bits per heavy atom. The third-order valence-electron chi connectivity index (χ3n) is 4.38. The van der Waals surface area contributed by atoms with Gasteiger partial charge in [0.1, 0.15) is 0 Å². The highest BCUT2D eigenvalue weighted by atomic mass is 16.5. The minimum Gasteiger partial charge on any atom is -0.493 e. The van der Waals surface area contributed by atoms with Crippen LogP contribution in [0.5, 0.6) is 11.5 Å². The molecule has 2 rings (SSSR count). The lowest BCUT2D eigenvalue weighted by molar-refractivity contribution is 0.142. The monoisotopic (exact) mass is 293 g/mol. The summed E-state index contributed by atoms with van der Waals surface area (Å²) in [5, 5.41) is 9.12. The van der Waals surface area contributed by atoms with Crippen molar-refractivity contribution >= 4 is 0 Å². The Hall–Kier alpha value is -1.26. The predicted octanol–water partition coefficient (Wildman–Crippen LogP) is 2.61. The molecule has 1 aromatic carbocycles. The molecule has 1 aliphatic rings. The second-order valence-electron chi connectivity index (χ2n) is 5.89. The number of nitrogens with zero attached hydrogens (tertiary/aromatic N) is 1. The van der Waals surface area contributed by atoms with Crippen molar-refractivity contribution in [1.29, 1.82) is 0 Å². The maximum atomic E-state index is 9.12. The lowest BCUT2D eigenvalue weighted by atomic mass is 9.94. The van der Waals surface area contributed by atoms with E-state index in [9.17, 15) is 0 Å². The molecule has 1 aliphatic heterocycles. The molecule has 1 heterocycles. The zero-order valence-corrected chi connectivity index (χ0v) is 13.4. The Morgan fingerprint density at radius 3 is 2.62 bits per heavy atom. The number of aliphatic hydroxyl groups excluding tert-OH is 1. The van der Waals surface area contributed by atoms with Crippen molar-refractivity contribution < 1.29 is 14.6 Å². The first-order valence-corrected chi connectivity index (χ1v) is 7.72. The van der Waals surface area contributed by atoms with Crippen LogP contribution in [0.4, 0.5) is 0 Å². The van der Waals surface area contributed by atoms with Gasteiger partial charge in [0, 0.05) is 19.7 Å². The van der Waals surface area contributed by atoms with Gasteiger partial charge in [-0.25, -0.2) is 0 Å². The largest absolute Gasteiger partial charge is 0.493 e. The molecule has 1 aromatic rings. The second kappa shape index (κ2) is 7.66. The summed E-state index contributed by atoms with van der Waals surface area (Å²) < 4.78 is 10.7. The van der Waals surface area contributed by atoms with E-state index in [-0.39, 0.29) is 0 Å². The van der Waals surface area contributed by atoms with Crippen LogP contribution in [0, 0.1) is 12.8 Å². The smallest absolute Gasteiger partial charge is 0.161 e. The van der Waals surface area contributed by atoms with Gasteiger partial charge in [0.2, 0.25) is 0 Å². The predicted molar refractivity (Wildman–Crippen MR) is 84.0 cm³/mol. The van der Waals surface area contributed by atoms with Gasteiger partial charge in [-0.15, -0.1) is 0 Å². The van der Waals surface area contributed by atoms with E-state index in [0.717, 1.165) is 37.6 Å². The Balaban J connectivity index is 2.08. The number of rotatable bonds is 6. The molecular weight excluding hydrogens is 266 g/mol. The molecule has 0 aliphatic carbocycles. The van der Waals surface area contributed by atoms with Crippen LogP contribution in [-0.2, 0) is 6.54 Å². The molecule has 0 bridgehead atoms. The van der Waals surface area contributed by atoms with Crippen molar-refractivity contribution in [1.82, 2.24) is 4.90 Å². The highest BCUT2D eigenvalue weighted by Crippen LogP contribution is 2.31. The van der Waals surface area contributed by atoms with E-state index < -0.39 is 0 Å². The summed E-state index contributed by atoms with van der Waals surface area (Å²) >= 11 is 0. The molecule has 0 saturated carbocycles. The summed E-state index contributed by atoms with van der Waals surface area (Å²) in [6, 6.07) is 4.13. The normalized spacial score (nSPS) is 19.5. The number of aliphatic hydroxyl groups is 1. The Kier molecular flexibility index (Phi) is 5.88. The average molecular weight is 293 g/mol. The molecular formula is C17H27NO3. The van der Waals surface area contributed by atoms with Crippen LogP contribution >= 0.6 is 0 Å². The van der Waals surface area contributed by atoms with Gasteiger partial charge in [-0.2, -0.15) is 0 Å². The SMILES string of the molecule is COc1cc(C)c(CN2CCCC(CCO)C2)cc1OC. The van der Waals surface area contributed by atoms with Crippen molar-refractivity contribution in [2.45, 2.75) is 32.7 Å². The van der Waals surface area contributed by atoms with Crippen molar-refractivity contribution in [3.8, 4) is 11.5 Å². The molecule has 1 unspecified atom stereocenters. The number of benzene rings is 1. The van der Waals surface area contributed by atoms with Crippen LogP contribution in [-0.4, -0.2) is 43.9 Å². The molecule has 1 fully saturated rings. The zero-order valence-electron chi connectivity index (χ0n) is 13.4. The van der Waals surface area contributed by atoms with E-state index >= 15 is 0 Å². The first kappa shape index (κ1) is 16.1. The van der Waals surface area contributed by atoms with Crippen LogP contribution in [0.1, 0.15) is 30.4 Å². The van der Waals surface area contributed by atoms with Gasteiger partial charge >= 0.3 is 0 Å². The molecule has 0 spiro atoms. The van der Waals surface area contributed by atoms with Crippen LogP contribution < -0.4 is 9.47 Å². The van der Waals surface area contributed by atoms with Gasteiger partial charge in [0.05, 0.1) is 14.2 Å². The Bertz CT molecular complexity index is 460. The lowest BCUT2D eigenvalue weighted by Crippen LogP contribution is -2.35. The standard InChI is InChI=1S/C17H27NO3/c1-13-9-16(20-2)17(21-3)10-15(13)12-18-7-4-5-14(11-18)6-8-19/h9-10,14,19H,4-8,11-12H2,1-3H3. The third kappa shape index (κ3) is 4.11. The molecule has 4 heteroatoms. The topological polar surface area (TPSA) is 41.9 Å². The molecule has 0 radical (unpaired) electrons. The number of ether oxygens (including phenoxy) is 2. The maximum Gasteiger partial charge on any atom is 0.161 e. The number of aryl methyl sites for hydroxylation is 1. The highest BCUT2D eigenvalue weighted by molar-refractivity contribution is 5.47. The molecule has 21 heavy (non-hydrogen) atoms. The molecule has 1 N–H and O–H groups in total. The van der Waals surface area contributed by atoms with E-state index in [2.05, 4.69) is 17.9 Å². The second-order valence-corrected chi connectivity index (χ2v) is 5.89. The average Bonchev–Trinajstić information content (AvgIpc) is 2.49. The van der Waals surface area contributed by atoms with Crippen molar-refractivity contribution in [3.05, 3.63) is 23.3 Å². The fourth-order valence-electron chi connectivity index (χ4n) is 3.15. The minimum absolute atomic E-state index is 0.299. The number of hydrogen-bond donors (Lipinski definition) is 1. The quantitative estimate of drug-likeness (QED) is 0.875. The molecule has 118 valence electrons. The van der Waals surface area contributed by atoms with Crippen molar-refractivity contribution in [3.63, 3.8) is 0 Å². The van der Waals surface area contributed by atoms with E-state index in [1.165, 1.54) is 24.0 Å². The van der Waals surface area contributed by atoms with Gasteiger partial charge in [-0.1, -0.05) is 0 Å². The van der Waals surface area contributed by atoms with Crippen molar-refractivity contribution in [2.24, 2.45) is 5.92 Å². The summed E-state index contributed by atoms with van der Waals surface area (Å²) in [7, 11) is 3.34. The van der Waals surface area contributed by atoms with E-state index in [1.807, 2.05) is 6.07 Å². The van der Waals surface area contributed by atoms with E-state index in [1.54, 1.807) is 14.2 Å². The fraction of sp³-hybridized carbons (Fsp3) is 0.647. The van der Waals surface area contributed by atoms with Gasteiger partial charge in [0.25, 0.3) is 0 Å². The van der Waals surface area contributed by atoms with Crippen LogP contribution in [0.25, 0.3) is 0 Å². The van der Waals surface area contributed by atoms with Gasteiger partial charge in [-0.05, 0) is 61.9 Å². The molecule has 1 atom stereocenters. The molecule has 4 nitrogen and oxygen atoms in total. The van der Waals surface area contributed by atoms with Crippen molar-refractivity contribution in [2.75, 3.05) is 33.9 Å². The Labute approximate surface area is 127 Å². The summed E-state index contributed by atoms with van der Waals surface area (Å²) in [5.41, 5.74) is 2.52. The van der Waals surface area contributed by atoms with E-state index in [4.69, 9.17) is 14.6 Å². The molecule has 0 aromatic heterocycles. The lowest BCUT2D eigenvalue weighted by Gasteiger charge is -2.33. The van der Waals surface area contributed by atoms with Crippen LogP contribution in [0.15, 0.2) is 12.1 Å². The summed E-state index contributed by atoms with van der Waals surface area (Å²) in [5.74, 6) is 2.21. The summed E-state index contributed by atoms with van der Waals surface area (Å²) in [6.07, 6.45) is 3.38. The number of likely N-dealkylation sites (tertiary alicyclic amines) is 1. The first-order chi connectivity index (χ1) is 10.2. The summed E-state index contributed by atoms with van der Waals surface area (Å²) in [6.45, 7) is 5.57. The number of hydrogen-bond acceptors (Lipinski definition) is 4. The fourth-order valence-corrected chi connectivity index (χ4v) is 3.15. The first-order valence-electron chi connectivity index (χ1n) is 7.72. The van der Waals surface area contributed by atoms with Crippen LogP contribution in [0.3, 0.4) is 0 Å². The Morgan fingerprint density at radius 1 is 1.24 bits per heavy atom. The summed E-state index contributed by atoms with van der Waals surface area (Å²) in [4.78, 5) is 2.48. The third-order valence-corrected chi connectivity index (χ3v) is 4.38. The van der Waals surface area contributed by atoms with Gasteiger partial charge in [-0.3, -0.25) is 4.90 Å². The maximum absolute atomic E-state index is 9.12. The number of methoxy groups -OCH3 is 2. The van der Waals surface area contributed by atoms with Gasteiger partial charge in [0.15, 0.2) is 11.5 Å². The molecule has 1 saturated heterocycles. The van der Waals surface area contributed by atoms with Crippen LogP contribution in [0.2, 0.25) is 0 Å². The molecule has 0 amide bonds. The highest BCUT2D eigenvalue weighted by Gasteiger charge is 2.20. The zero-order chi connectivity index (χ0) is 15.2. The number of piperidine rings is 1. The van der Waals surface area contributed by atoms with Gasteiger partial charge < -0.3 is 14.6 Å².